The molecule has 0 aliphatic rings. The number of aromatic nitrogens is 1. The summed E-state index contributed by atoms with van der Waals surface area (Å²) in [5, 5.41) is 16.8. The Balaban J connectivity index is 2.06. The summed E-state index contributed by atoms with van der Waals surface area (Å²) in [5.74, 6) is -0.235. The Hall–Kier alpha value is -2.69. The number of halogens is 1. The zero-order chi connectivity index (χ0) is 19.2. The minimum Gasteiger partial charge on any atom is -0.867 e. The van der Waals surface area contributed by atoms with Crippen LogP contribution in [0.3, 0.4) is 0 Å². The molecule has 3 nitrogen and oxygen atoms in total. The van der Waals surface area contributed by atoms with Gasteiger partial charge in [-0.25, -0.2) is 0 Å². The first kappa shape index (κ1) is 19.1. The standard InChI is InChI=1S/C22H19ClN2OS/c1-2-16-9-8-10-17(15-16)24-22(27)20(25-13-6-3-7-14-25)21(26)18-11-4-5-12-19(18)23/h3-15H,2H2,1H3,(H-,24,26,27). The van der Waals surface area contributed by atoms with Crippen LogP contribution in [0.1, 0.15) is 18.1 Å². The zero-order valence-electron chi connectivity index (χ0n) is 14.9. The van der Waals surface area contributed by atoms with Gasteiger partial charge in [-0.1, -0.05) is 67.1 Å². The minimum atomic E-state index is -0.235. The molecule has 0 aliphatic heterocycles. The Bertz CT molecular complexity index is 986. The fourth-order valence-corrected chi connectivity index (χ4v) is 3.26. The van der Waals surface area contributed by atoms with Crippen LogP contribution in [-0.2, 0) is 6.42 Å². The molecule has 136 valence electrons. The minimum absolute atomic E-state index is 0.235. The summed E-state index contributed by atoms with van der Waals surface area (Å²) in [4.78, 5) is 0.337. The van der Waals surface area contributed by atoms with Crippen LogP contribution in [0.5, 0.6) is 0 Å². The fourth-order valence-electron chi connectivity index (χ4n) is 2.72. The van der Waals surface area contributed by atoms with Crippen molar-refractivity contribution in [3.05, 3.63) is 95.3 Å². The van der Waals surface area contributed by atoms with E-state index in [-0.39, 0.29) is 5.76 Å². The van der Waals surface area contributed by atoms with Crippen molar-refractivity contribution in [2.24, 2.45) is 0 Å². The Morgan fingerprint density at radius 3 is 2.48 bits per heavy atom. The van der Waals surface area contributed by atoms with Gasteiger partial charge in [0.1, 0.15) is 0 Å². The predicted molar refractivity (Wildman–Crippen MR) is 113 cm³/mol. The lowest BCUT2D eigenvalue weighted by Gasteiger charge is -2.18. The van der Waals surface area contributed by atoms with Crippen LogP contribution in [0, 0.1) is 0 Å². The Labute approximate surface area is 169 Å². The van der Waals surface area contributed by atoms with Crippen LogP contribution in [0.2, 0.25) is 5.02 Å². The van der Waals surface area contributed by atoms with Crippen molar-refractivity contribution >= 4 is 46.0 Å². The molecule has 0 bridgehead atoms. The molecule has 0 amide bonds. The third kappa shape index (κ3) is 4.54. The molecular weight excluding hydrogens is 376 g/mol. The van der Waals surface area contributed by atoms with Crippen molar-refractivity contribution in [3.63, 3.8) is 0 Å². The van der Waals surface area contributed by atoms with Gasteiger partial charge in [0.05, 0.1) is 0 Å². The number of benzene rings is 2. The van der Waals surface area contributed by atoms with Gasteiger partial charge in [0.25, 0.3) is 0 Å². The number of hydrogen-bond acceptors (Lipinski definition) is 2. The summed E-state index contributed by atoms with van der Waals surface area (Å²) < 4.78 is 1.71. The molecule has 0 saturated carbocycles. The molecule has 0 radical (unpaired) electrons. The molecule has 0 atom stereocenters. The number of anilines is 1. The van der Waals surface area contributed by atoms with Gasteiger partial charge in [0.15, 0.2) is 17.4 Å². The number of hydrogen-bond donors (Lipinski definition) is 1. The molecule has 0 saturated heterocycles. The van der Waals surface area contributed by atoms with Crippen LogP contribution in [-0.4, -0.2) is 4.99 Å². The molecular formula is C22H19ClN2OS. The van der Waals surface area contributed by atoms with Crippen molar-refractivity contribution < 1.29 is 9.67 Å². The lowest BCUT2D eigenvalue weighted by Crippen LogP contribution is -2.39. The van der Waals surface area contributed by atoms with Crippen molar-refractivity contribution in [2.75, 3.05) is 5.32 Å². The average molecular weight is 395 g/mol. The van der Waals surface area contributed by atoms with E-state index in [2.05, 4.69) is 18.3 Å². The molecule has 27 heavy (non-hydrogen) atoms. The number of thiocarbonyl (C=S) groups is 1. The van der Waals surface area contributed by atoms with E-state index >= 15 is 0 Å². The van der Waals surface area contributed by atoms with Crippen molar-refractivity contribution in [1.82, 2.24) is 0 Å². The molecule has 1 N–H and O–H groups in total. The van der Waals surface area contributed by atoms with Gasteiger partial charge < -0.3 is 10.4 Å². The summed E-state index contributed by atoms with van der Waals surface area (Å²) >= 11 is 11.9. The van der Waals surface area contributed by atoms with Crippen molar-refractivity contribution in [3.8, 4) is 0 Å². The van der Waals surface area contributed by atoms with E-state index in [1.54, 1.807) is 41.2 Å². The summed E-state index contributed by atoms with van der Waals surface area (Å²) in [7, 11) is 0. The van der Waals surface area contributed by atoms with Crippen molar-refractivity contribution in [2.45, 2.75) is 13.3 Å². The van der Waals surface area contributed by atoms with E-state index in [4.69, 9.17) is 23.8 Å². The van der Waals surface area contributed by atoms with Crippen LogP contribution in [0.15, 0.2) is 79.1 Å². The molecule has 3 aromatic rings. The molecule has 1 heterocycles. The quantitative estimate of drug-likeness (QED) is 0.303. The lowest BCUT2D eigenvalue weighted by molar-refractivity contribution is -0.577. The molecule has 1 aromatic heterocycles. The summed E-state index contributed by atoms with van der Waals surface area (Å²) in [5.41, 5.74) is 2.80. The maximum atomic E-state index is 13.3. The first-order valence-electron chi connectivity index (χ1n) is 8.63. The highest BCUT2D eigenvalue weighted by molar-refractivity contribution is 7.81. The Morgan fingerprint density at radius 1 is 1.04 bits per heavy atom. The van der Waals surface area contributed by atoms with Crippen molar-refractivity contribution in [1.29, 1.82) is 0 Å². The highest BCUT2D eigenvalue weighted by Crippen LogP contribution is 2.23. The van der Waals surface area contributed by atoms with Gasteiger partial charge in [-0.2, -0.15) is 4.57 Å². The van der Waals surface area contributed by atoms with Gasteiger partial charge >= 0.3 is 0 Å². The van der Waals surface area contributed by atoms with Gasteiger partial charge in [0, 0.05) is 22.8 Å². The first-order chi connectivity index (χ1) is 13.1. The maximum Gasteiger partial charge on any atom is 0.238 e. The number of rotatable bonds is 5. The van der Waals surface area contributed by atoms with E-state index in [0.717, 1.165) is 12.1 Å². The number of aryl methyl sites for hydroxylation is 1. The molecule has 0 fully saturated rings. The molecule has 0 unspecified atom stereocenters. The van der Waals surface area contributed by atoms with Crippen LogP contribution in [0.25, 0.3) is 11.5 Å². The lowest BCUT2D eigenvalue weighted by atomic mass is 10.1. The molecule has 0 spiro atoms. The highest BCUT2D eigenvalue weighted by atomic mass is 35.5. The van der Waals surface area contributed by atoms with E-state index in [9.17, 15) is 5.11 Å². The zero-order valence-corrected chi connectivity index (χ0v) is 16.4. The van der Waals surface area contributed by atoms with E-state index in [0.29, 0.717) is 21.3 Å². The molecule has 3 rings (SSSR count). The second-order valence-corrected chi connectivity index (χ2v) is 6.76. The fraction of sp³-hybridized carbons (Fsp3) is 0.0909. The average Bonchev–Trinajstić information content (AvgIpc) is 2.69. The normalized spacial score (nSPS) is 11.6. The van der Waals surface area contributed by atoms with Crippen LogP contribution in [0.4, 0.5) is 5.69 Å². The number of pyridine rings is 1. The smallest absolute Gasteiger partial charge is 0.238 e. The second-order valence-electron chi connectivity index (χ2n) is 5.95. The second kappa shape index (κ2) is 8.80. The van der Waals surface area contributed by atoms with E-state index < -0.39 is 0 Å². The van der Waals surface area contributed by atoms with E-state index in [1.807, 2.05) is 36.4 Å². The highest BCUT2D eigenvalue weighted by Gasteiger charge is 2.19. The Kier molecular flexibility index (Phi) is 6.22. The largest absolute Gasteiger partial charge is 0.867 e. The topological polar surface area (TPSA) is 39.0 Å². The third-order valence-corrected chi connectivity index (χ3v) is 4.74. The maximum absolute atomic E-state index is 13.3. The van der Waals surface area contributed by atoms with Crippen LogP contribution >= 0.6 is 23.8 Å². The molecule has 0 aliphatic carbocycles. The number of nitrogens with one attached hydrogen (secondary N) is 1. The summed E-state index contributed by atoms with van der Waals surface area (Å²) in [6, 6.07) is 20.5. The van der Waals surface area contributed by atoms with Gasteiger partial charge in [0.2, 0.25) is 5.70 Å². The molecule has 5 heteroatoms. The predicted octanol–water partition coefficient (Wildman–Crippen LogP) is 4.32. The molecule has 2 aromatic carbocycles. The van der Waals surface area contributed by atoms with E-state index in [1.165, 1.54) is 5.56 Å². The Morgan fingerprint density at radius 2 is 1.78 bits per heavy atom. The monoisotopic (exact) mass is 394 g/mol. The third-order valence-electron chi connectivity index (χ3n) is 4.12. The number of nitrogens with zero attached hydrogens (tertiary/aromatic N) is 1. The SMILES string of the molecule is CCc1cccc(NC(=S)C(=C([O-])c2ccccc2Cl)[n+]2ccccc2)c1. The summed E-state index contributed by atoms with van der Waals surface area (Å²) in [6.07, 6.45) is 4.51. The van der Waals surface area contributed by atoms with Crippen LogP contribution < -0.4 is 15.0 Å². The first-order valence-corrected chi connectivity index (χ1v) is 9.42. The van der Waals surface area contributed by atoms with Gasteiger partial charge in [-0.3, -0.25) is 0 Å². The summed E-state index contributed by atoms with van der Waals surface area (Å²) in [6.45, 7) is 2.09. The van der Waals surface area contributed by atoms with Gasteiger partial charge in [-0.15, -0.1) is 0 Å². The van der Waals surface area contributed by atoms with Gasteiger partial charge in [-0.05, 0) is 41.5 Å².